The Morgan fingerprint density at radius 1 is 1.18 bits per heavy atom. The van der Waals surface area contributed by atoms with Crippen molar-refractivity contribution in [3.63, 3.8) is 0 Å². The lowest BCUT2D eigenvalue weighted by Gasteiger charge is -2.21. The van der Waals surface area contributed by atoms with E-state index in [-0.39, 0.29) is 11.1 Å². The molecule has 1 saturated heterocycles. The largest absolute Gasteiger partial charge is 0.487 e. The Morgan fingerprint density at radius 2 is 1.96 bits per heavy atom. The second kappa shape index (κ2) is 8.67. The first kappa shape index (κ1) is 19.5. The standard InChI is InChI=1S/C24H26ClFO2/c1-2-3-16-4-8-18(9-5-16)19-10-6-17(7-11-19)14-27-21-13-12-20(22-15-28-22)24(26)23(21)25/h6-8,10-13,16,22H,2-5,9,14-15H2,1H3. The normalized spacial score (nSPS) is 21.3. The van der Waals surface area contributed by atoms with Crippen molar-refractivity contribution in [1.29, 1.82) is 0 Å². The summed E-state index contributed by atoms with van der Waals surface area (Å²) in [5.74, 6) is 0.775. The van der Waals surface area contributed by atoms with Crippen molar-refractivity contribution in [2.24, 2.45) is 5.92 Å². The van der Waals surface area contributed by atoms with Crippen molar-refractivity contribution in [1.82, 2.24) is 0 Å². The molecule has 2 aliphatic rings. The maximum Gasteiger partial charge on any atom is 0.151 e. The molecule has 1 aliphatic carbocycles. The number of ether oxygens (including phenoxy) is 2. The Hall–Kier alpha value is -1.84. The van der Waals surface area contributed by atoms with Gasteiger partial charge >= 0.3 is 0 Å². The third kappa shape index (κ3) is 4.42. The van der Waals surface area contributed by atoms with Crippen molar-refractivity contribution < 1.29 is 13.9 Å². The van der Waals surface area contributed by atoms with Crippen molar-refractivity contribution in [2.45, 2.75) is 51.7 Å². The summed E-state index contributed by atoms with van der Waals surface area (Å²) in [4.78, 5) is 0. The summed E-state index contributed by atoms with van der Waals surface area (Å²) in [6.45, 7) is 3.17. The molecule has 4 heteroatoms. The fourth-order valence-corrected chi connectivity index (χ4v) is 4.16. The van der Waals surface area contributed by atoms with E-state index in [0.29, 0.717) is 24.5 Å². The molecule has 0 bridgehead atoms. The second-order valence-electron chi connectivity index (χ2n) is 7.75. The van der Waals surface area contributed by atoms with Gasteiger partial charge in [-0.1, -0.05) is 61.7 Å². The first-order valence-electron chi connectivity index (χ1n) is 10.2. The van der Waals surface area contributed by atoms with Gasteiger partial charge in [-0.05, 0) is 54.0 Å². The van der Waals surface area contributed by atoms with Gasteiger partial charge in [-0.3, -0.25) is 0 Å². The van der Waals surface area contributed by atoms with Gasteiger partial charge in [0.25, 0.3) is 0 Å². The summed E-state index contributed by atoms with van der Waals surface area (Å²) in [6, 6.07) is 11.9. The predicted molar refractivity (Wildman–Crippen MR) is 111 cm³/mol. The summed E-state index contributed by atoms with van der Waals surface area (Å²) < 4.78 is 25.2. The molecule has 4 rings (SSSR count). The highest BCUT2D eigenvalue weighted by molar-refractivity contribution is 6.32. The fraction of sp³-hybridized carbons (Fsp3) is 0.417. The zero-order valence-electron chi connectivity index (χ0n) is 16.2. The second-order valence-corrected chi connectivity index (χ2v) is 8.12. The lowest BCUT2D eigenvalue weighted by molar-refractivity contribution is 0.304. The molecule has 0 radical (unpaired) electrons. The summed E-state index contributed by atoms with van der Waals surface area (Å²) in [7, 11) is 0. The molecule has 0 amide bonds. The van der Waals surface area contributed by atoms with E-state index in [1.807, 2.05) is 0 Å². The van der Waals surface area contributed by atoms with Crippen molar-refractivity contribution in [3.05, 3.63) is 70.0 Å². The van der Waals surface area contributed by atoms with Crippen LogP contribution in [0.1, 0.15) is 61.8 Å². The van der Waals surface area contributed by atoms with Gasteiger partial charge in [0.15, 0.2) is 5.82 Å². The number of epoxide rings is 1. The number of allylic oxidation sites excluding steroid dienone is 2. The molecule has 2 unspecified atom stereocenters. The Morgan fingerprint density at radius 3 is 2.61 bits per heavy atom. The van der Waals surface area contributed by atoms with E-state index in [1.54, 1.807) is 12.1 Å². The Kier molecular flexibility index (Phi) is 6.03. The van der Waals surface area contributed by atoms with E-state index < -0.39 is 5.82 Å². The molecule has 0 N–H and O–H groups in total. The van der Waals surface area contributed by atoms with E-state index in [2.05, 4.69) is 37.3 Å². The van der Waals surface area contributed by atoms with E-state index in [9.17, 15) is 4.39 Å². The lowest BCUT2D eigenvalue weighted by Crippen LogP contribution is -2.05. The smallest absolute Gasteiger partial charge is 0.151 e. The topological polar surface area (TPSA) is 21.8 Å². The highest BCUT2D eigenvalue weighted by Crippen LogP contribution is 2.38. The van der Waals surface area contributed by atoms with Crippen molar-refractivity contribution >= 4 is 17.2 Å². The molecule has 1 fully saturated rings. The zero-order valence-corrected chi connectivity index (χ0v) is 17.0. The number of hydrogen-bond donors (Lipinski definition) is 0. The fourth-order valence-electron chi connectivity index (χ4n) is 3.93. The average molecular weight is 401 g/mol. The van der Waals surface area contributed by atoms with E-state index in [1.165, 1.54) is 36.8 Å². The molecule has 1 aliphatic heterocycles. The van der Waals surface area contributed by atoms with Crippen LogP contribution in [0.25, 0.3) is 5.57 Å². The molecule has 2 aromatic rings. The van der Waals surface area contributed by atoms with Gasteiger partial charge in [0.2, 0.25) is 0 Å². The van der Waals surface area contributed by atoms with Gasteiger partial charge in [0.1, 0.15) is 23.5 Å². The van der Waals surface area contributed by atoms with Crippen LogP contribution in [0.4, 0.5) is 4.39 Å². The number of benzene rings is 2. The molecule has 2 nitrogen and oxygen atoms in total. The van der Waals surface area contributed by atoms with Gasteiger partial charge in [-0.25, -0.2) is 4.39 Å². The average Bonchev–Trinajstić information content (AvgIpc) is 3.56. The van der Waals surface area contributed by atoms with Crippen LogP contribution in [0.5, 0.6) is 5.75 Å². The first-order valence-corrected chi connectivity index (χ1v) is 10.5. The van der Waals surface area contributed by atoms with Gasteiger partial charge in [0.05, 0.1) is 6.61 Å². The van der Waals surface area contributed by atoms with Crippen LogP contribution in [0.3, 0.4) is 0 Å². The summed E-state index contributed by atoms with van der Waals surface area (Å²) >= 11 is 6.13. The monoisotopic (exact) mass is 400 g/mol. The quantitative estimate of drug-likeness (QED) is 0.462. The molecule has 148 valence electrons. The lowest BCUT2D eigenvalue weighted by atomic mass is 9.84. The molecule has 2 aromatic carbocycles. The summed E-state index contributed by atoms with van der Waals surface area (Å²) in [5, 5.41) is 0.0265. The maximum absolute atomic E-state index is 14.3. The van der Waals surface area contributed by atoms with Crippen LogP contribution in [-0.2, 0) is 11.3 Å². The third-order valence-corrected chi connectivity index (χ3v) is 6.04. The van der Waals surface area contributed by atoms with Gasteiger partial charge in [0, 0.05) is 5.56 Å². The summed E-state index contributed by atoms with van der Waals surface area (Å²) in [5.41, 5.74) is 4.28. The van der Waals surface area contributed by atoms with Gasteiger partial charge < -0.3 is 9.47 Å². The molecule has 28 heavy (non-hydrogen) atoms. The first-order chi connectivity index (χ1) is 13.7. The molecule has 0 spiro atoms. The Labute approximate surface area is 171 Å². The summed E-state index contributed by atoms with van der Waals surface area (Å²) in [6.07, 6.45) is 8.49. The Bertz CT molecular complexity index is 856. The highest BCUT2D eigenvalue weighted by atomic mass is 35.5. The minimum atomic E-state index is -0.442. The minimum absolute atomic E-state index is 0.0265. The van der Waals surface area contributed by atoms with Crippen LogP contribution in [-0.4, -0.2) is 6.61 Å². The van der Waals surface area contributed by atoms with Crippen LogP contribution in [0.2, 0.25) is 5.02 Å². The van der Waals surface area contributed by atoms with Crippen molar-refractivity contribution in [2.75, 3.05) is 6.61 Å². The number of hydrogen-bond acceptors (Lipinski definition) is 2. The third-order valence-electron chi connectivity index (χ3n) is 5.69. The van der Waals surface area contributed by atoms with E-state index in [0.717, 1.165) is 17.9 Å². The van der Waals surface area contributed by atoms with Gasteiger partial charge in [-0.2, -0.15) is 0 Å². The maximum atomic E-state index is 14.3. The molecule has 0 aromatic heterocycles. The molecule has 2 atom stereocenters. The number of halogens is 2. The SMILES string of the molecule is CCCC1CC=C(c2ccc(COc3ccc(C4CO4)c(F)c3Cl)cc2)CC1. The van der Waals surface area contributed by atoms with Crippen LogP contribution in [0.15, 0.2) is 42.5 Å². The van der Waals surface area contributed by atoms with Crippen LogP contribution < -0.4 is 4.74 Å². The molecule has 0 saturated carbocycles. The van der Waals surface area contributed by atoms with Crippen LogP contribution in [0, 0.1) is 11.7 Å². The van der Waals surface area contributed by atoms with Gasteiger partial charge in [-0.15, -0.1) is 0 Å². The van der Waals surface area contributed by atoms with E-state index in [4.69, 9.17) is 21.1 Å². The molecule has 1 heterocycles. The van der Waals surface area contributed by atoms with Crippen molar-refractivity contribution in [3.8, 4) is 5.75 Å². The minimum Gasteiger partial charge on any atom is -0.487 e. The number of rotatable bonds is 7. The zero-order chi connectivity index (χ0) is 19.5. The van der Waals surface area contributed by atoms with Crippen LogP contribution >= 0.6 is 11.6 Å². The van der Waals surface area contributed by atoms with E-state index >= 15 is 0 Å². The predicted octanol–water partition coefficient (Wildman–Crippen LogP) is 7.11. The molecular weight excluding hydrogens is 375 g/mol. The highest BCUT2D eigenvalue weighted by Gasteiger charge is 2.29. The Balaban J connectivity index is 1.37. The molecular formula is C24H26ClFO2.